The minimum absolute atomic E-state index is 0.00554. The zero-order valence-corrected chi connectivity index (χ0v) is 22.1. The fourth-order valence-electron chi connectivity index (χ4n) is 3.94. The van der Waals surface area contributed by atoms with Gasteiger partial charge in [-0.05, 0) is 54.2 Å². The number of hydrogen-bond donors (Lipinski definition) is 2. The van der Waals surface area contributed by atoms with Gasteiger partial charge in [-0.2, -0.15) is 4.31 Å². The molecule has 0 amide bonds. The number of aromatic nitrogens is 1. The van der Waals surface area contributed by atoms with Gasteiger partial charge in [0.2, 0.25) is 5.09 Å². The fraction of sp³-hybridized carbons (Fsp3) is 0.407. The first-order valence-electron chi connectivity index (χ1n) is 12.1. The smallest absolute Gasteiger partial charge is 0.322 e. The number of carboxylic acid groups (broad SMARTS) is 1. The van der Waals surface area contributed by atoms with Crippen LogP contribution in [0.2, 0.25) is 0 Å². The molecular weight excluding hydrogens is 478 g/mol. The van der Waals surface area contributed by atoms with Gasteiger partial charge in [-0.1, -0.05) is 63.9 Å². The lowest BCUT2D eigenvalue weighted by atomic mass is 9.80. The fourth-order valence-corrected chi connectivity index (χ4v) is 5.30. The second-order valence-corrected chi connectivity index (χ2v) is 11.5. The van der Waals surface area contributed by atoms with Crippen LogP contribution in [0.15, 0.2) is 64.1 Å². The summed E-state index contributed by atoms with van der Waals surface area (Å²) in [6, 6.07) is 16.2. The first kappa shape index (κ1) is 27.4. The summed E-state index contributed by atoms with van der Waals surface area (Å²) in [5.74, 6) is -0.147. The van der Waals surface area contributed by atoms with Crippen LogP contribution in [-0.4, -0.2) is 35.3 Å². The normalized spacial score (nSPS) is 12.1. The van der Waals surface area contributed by atoms with Gasteiger partial charge in [0.1, 0.15) is 18.1 Å². The average Bonchev–Trinajstić information content (AvgIpc) is 3.29. The number of benzene rings is 1. The molecule has 0 saturated heterocycles. The van der Waals surface area contributed by atoms with E-state index in [9.17, 15) is 13.2 Å². The molecule has 3 aromatic rings. The minimum atomic E-state index is -3.95. The quantitative estimate of drug-likeness (QED) is 0.317. The minimum Gasteiger partial charge on any atom is -0.480 e. The predicted octanol–water partition coefficient (Wildman–Crippen LogP) is 5.34. The summed E-state index contributed by atoms with van der Waals surface area (Å²) >= 11 is 0. The number of rotatable bonds is 13. The van der Waals surface area contributed by atoms with Gasteiger partial charge in [-0.15, -0.1) is 0 Å². The number of nitrogens with zero attached hydrogens (tertiary/aromatic N) is 2. The van der Waals surface area contributed by atoms with Crippen molar-refractivity contribution in [3.8, 4) is 0 Å². The Bertz CT molecular complexity index is 1270. The number of aliphatic carboxylic acids is 1. The second-order valence-electron chi connectivity index (χ2n) is 9.58. The molecule has 0 bridgehead atoms. The van der Waals surface area contributed by atoms with E-state index in [-0.39, 0.29) is 30.1 Å². The third-order valence-corrected chi connectivity index (χ3v) is 7.79. The highest BCUT2D eigenvalue weighted by molar-refractivity contribution is 7.88. The highest BCUT2D eigenvalue weighted by Crippen LogP contribution is 2.30. The molecule has 2 N–H and O–H groups in total. The summed E-state index contributed by atoms with van der Waals surface area (Å²) in [6.45, 7) is 8.17. The highest BCUT2D eigenvalue weighted by Gasteiger charge is 2.29. The molecule has 36 heavy (non-hydrogen) atoms. The van der Waals surface area contributed by atoms with Crippen molar-refractivity contribution in [1.29, 1.82) is 0 Å². The van der Waals surface area contributed by atoms with E-state index in [0.717, 1.165) is 24.8 Å². The van der Waals surface area contributed by atoms with Crippen molar-refractivity contribution in [1.82, 2.24) is 9.29 Å². The SMILES string of the molecule is CCCCC(C)(C)c1ccc(CN(Cc2cccc(NCC(=O)O)n2)S(=O)(=O)c2ccc(C)o2)cc1. The standard InChI is InChI=1S/C27H35N3O5S/c1-5-6-16-27(3,4)22-13-11-21(12-14-22)18-30(36(33,34)26-15-10-20(2)35-26)19-23-8-7-9-24(29-23)28-17-25(31)32/h7-15H,5-6,16-19H2,1-4H3,(H,28,29)(H,31,32). The summed E-state index contributed by atoms with van der Waals surface area (Å²) in [6.07, 6.45) is 3.37. The maximum Gasteiger partial charge on any atom is 0.322 e. The number of furan rings is 1. The van der Waals surface area contributed by atoms with Crippen LogP contribution >= 0.6 is 0 Å². The van der Waals surface area contributed by atoms with E-state index in [1.165, 1.54) is 15.9 Å². The van der Waals surface area contributed by atoms with Crippen LogP contribution in [-0.2, 0) is 33.3 Å². The summed E-state index contributed by atoms with van der Waals surface area (Å²) in [7, 11) is -3.95. The van der Waals surface area contributed by atoms with Gasteiger partial charge in [0.25, 0.3) is 10.0 Å². The lowest BCUT2D eigenvalue weighted by molar-refractivity contribution is -0.134. The third kappa shape index (κ3) is 7.18. The lowest BCUT2D eigenvalue weighted by Gasteiger charge is -2.26. The summed E-state index contributed by atoms with van der Waals surface area (Å²) < 4.78 is 33.8. The Kier molecular flexibility index (Phi) is 8.92. The third-order valence-electron chi connectivity index (χ3n) is 6.13. The topological polar surface area (TPSA) is 113 Å². The molecule has 0 atom stereocenters. The van der Waals surface area contributed by atoms with Gasteiger partial charge in [0, 0.05) is 6.54 Å². The van der Waals surface area contributed by atoms with Crippen LogP contribution in [0.4, 0.5) is 5.82 Å². The zero-order chi connectivity index (χ0) is 26.3. The molecule has 8 nitrogen and oxygen atoms in total. The molecule has 0 saturated carbocycles. The molecule has 0 radical (unpaired) electrons. The Labute approximate surface area is 213 Å². The Morgan fingerprint density at radius 1 is 1.08 bits per heavy atom. The van der Waals surface area contributed by atoms with Crippen molar-refractivity contribution in [2.45, 2.75) is 70.6 Å². The Balaban J connectivity index is 1.88. The number of sulfonamides is 1. The molecule has 194 valence electrons. The van der Waals surface area contributed by atoms with Gasteiger partial charge in [-0.25, -0.2) is 13.4 Å². The molecule has 0 aliphatic heterocycles. The monoisotopic (exact) mass is 513 g/mol. The van der Waals surface area contributed by atoms with Crippen molar-refractivity contribution in [3.05, 3.63) is 77.2 Å². The predicted molar refractivity (Wildman–Crippen MR) is 139 cm³/mol. The number of pyridine rings is 1. The second kappa shape index (κ2) is 11.7. The van der Waals surface area contributed by atoms with E-state index in [2.05, 4.69) is 43.2 Å². The maximum atomic E-state index is 13.5. The first-order valence-corrected chi connectivity index (χ1v) is 13.5. The zero-order valence-electron chi connectivity index (χ0n) is 21.3. The first-order chi connectivity index (χ1) is 17.0. The molecular formula is C27H35N3O5S. The summed E-state index contributed by atoms with van der Waals surface area (Å²) in [5, 5.41) is 11.5. The maximum absolute atomic E-state index is 13.5. The van der Waals surface area contributed by atoms with E-state index >= 15 is 0 Å². The van der Waals surface area contributed by atoms with E-state index in [0.29, 0.717) is 17.3 Å². The summed E-state index contributed by atoms with van der Waals surface area (Å²) in [4.78, 5) is 15.3. The molecule has 0 spiro atoms. The van der Waals surface area contributed by atoms with E-state index < -0.39 is 16.0 Å². The number of carbonyl (C=O) groups is 1. The molecule has 9 heteroatoms. The molecule has 0 aliphatic carbocycles. The van der Waals surface area contributed by atoms with Crippen LogP contribution < -0.4 is 5.32 Å². The molecule has 1 aromatic carbocycles. The average molecular weight is 514 g/mol. The molecule has 0 unspecified atom stereocenters. The molecule has 3 rings (SSSR count). The number of nitrogens with one attached hydrogen (secondary N) is 1. The number of carboxylic acids is 1. The Morgan fingerprint density at radius 2 is 1.81 bits per heavy atom. The van der Waals surface area contributed by atoms with Crippen LogP contribution in [0.3, 0.4) is 0 Å². The van der Waals surface area contributed by atoms with Crippen LogP contribution in [0, 0.1) is 6.92 Å². The van der Waals surface area contributed by atoms with Crippen molar-refractivity contribution >= 4 is 21.8 Å². The number of unbranched alkanes of at least 4 members (excludes halogenated alkanes) is 1. The van der Waals surface area contributed by atoms with E-state index in [1.807, 2.05) is 12.1 Å². The van der Waals surface area contributed by atoms with Crippen molar-refractivity contribution in [3.63, 3.8) is 0 Å². The number of hydrogen-bond acceptors (Lipinski definition) is 6. The Hall–Kier alpha value is -3.17. The van der Waals surface area contributed by atoms with Crippen LogP contribution in [0.5, 0.6) is 0 Å². The Morgan fingerprint density at radius 3 is 2.42 bits per heavy atom. The van der Waals surface area contributed by atoms with Crippen LogP contribution in [0.25, 0.3) is 0 Å². The molecule has 0 aliphatic rings. The van der Waals surface area contributed by atoms with Gasteiger partial charge >= 0.3 is 5.97 Å². The van der Waals surface area contributed by atoms with Gasteiger partial charge < -0.3 is 14.8 Å². The van der Waals surface area contributed by atoms with Crippen LogP contribution in [0.1, 0.15) is 62.6 Å². The van der Waals surface area contributed by atoms with Gasteiger partial charge in [0.05, 0.1) is 12.2 Å². The molecule has 2 aromatic heterocycles. The van der Waals surface area contributed by atoms with Crippen molar-refractivity contribution in [2.24, 2.45) is 0 Å². The number of anilines is 1. The van der Waals surface area contributed by atoms with Gasteiger partial charge in [0.15, 0.2) is 0 Å². The van der Waals surface area contributed by atoms with E-state index in [1.54, 1.807) is 31.2 Å². The van der Waals surface area contributed by atoms with Crippen molar-refractivity contribution < 1.29 is 22.7 Å². The number of aryl methyl sites for hydroxylation is 1. The lowest BCUT2D eigenvalue weighted by Crippen LogP contribution is -2.30. The highest BCUT2D eigenvalue weighted by atomic mass is 32.2. The molecule has 0 fully saturated rings. The summed E-state index contributed by atoms with van der Waals surface area (Å²) in [5.41, 5.74) is 2.58. The van der Waals surface area contributed by atoms with E-state index in [4.69, 9.17) is 9.52 Å². The largest absolute Gasteiger partial charge is 0.480 e. The molecule has 2 heterocycles. The van der Waals surface area contributed by atoms with Crippen molar-refractivity contribution in [2.75, 3.05) is 11.9 Å². The van der Waals surface area contributed by atoms with Gasteiger partial charge in [-0.3, -0.25) is 4.79 Å².